The molecule has 2 rings (SSSR count). The van der Waals surface area contributed by atoms with Crippen LogP contribution in [0.1, 0.15) is 5.56 Å². The van der Waals surface area contributed by atoms with E-state index in [1.807, 2.05) is 18.5 Å². The van der Waals surface area contributed by atoms with Crippen molar-refractivity contribution in [3.8, 4) is 0 Å². The zero-order valence-electron chi connectivity index (χ0n) is 11.0. The Kier molecular flexibility index (Phi) is 3.50. The van der Waals surface area contributed by atoms with Crippen LogP contribution in [0.25, 0.3) is 0 Å². The van der Waals surface area contributed by atoms with Crippen LogP contribution >= 0.6 is 0 Å². The Morgan fingerprint density at radius 2 is 2.28 bits per heavy atom. The van der Waals surface area contributed by atoms with Crippen LogP contribution in [-0.2, 0) is 6.42 Å². The van der Waals surface area contributed by atoms with Gasteiger partial charge in [0, 0.05) is 39.1 Å². The lowest BCUT2D eigenvalue weighted by molar-refractivity contribution is 0.230. The summed E-state index contributed by atoms with van der Waals surface area (Å²) in [7, 11) is 5.20. The second-order valence-corrected chi connectivity index (χ2v) is 4.49. The van der Waals surface area contributed by atoms with E-state index in [4.69, 9.17) is 0 Å². The summed E-state index contributed by atoms with van der Waals surface area (Å²) < 4.78 is 0. The molecule has 0 atom stereocenters. The summed E-state index contributed by atoms with van der Waals surface area (Å²) in [5.41, 5.74) is 3.22. The number of amides is 2. The molecule has 1 aliphatic rings. The van der Waals surface area contributed by atoms with Crippen molar-refractivity contribution in [2.75, 3.05) is 37.9 Å². The van der Waals surface area contributed by atoms with Crippen molar-refractivity contribution in [2.24, 2.45) is 4.99 Å². The first-order valence-electron chi connectivity index (χ1n) is 5.92. The topological polar surface area (TPSA) is 47.9 Å². The highest BCUT2D eigenvalue weighted by molar-refractivity contribution is 5.91. The standard InChI is InChI=1S/C13H18N4O/c1-14-9-17-7-6-10-4-5-11(8-12(10)17)15-13(18)16(2)3/h4-5,8-9H,6-7H2,1-3H3,(H,15,18). The smallest absolute Gasteiger partial charge is 0.321 e. The van der Waals surface area contributed by atoms with Gasteiger partial charge in [-0.3, -0.25) is 4.99 Å². The van der Waals surface area contributed by atoms with Gasteiger partial charge in [0.15, 0.2) is 0 Å². The number of carbonyl (C=O) groups is 1. The number of nitrogens with one attached hydrogen (secondary N) is 1. The maximum absolute atomic E-state index is 11.6. The molecular formula is C13H18N4O. The molecule has 0 saturated heterocycles. The number of benzene rings is 1. The third-order valence-corrected chi connectivity index (χ3v) is 2.93. The minimum Gasteiger partial charge on any atom is -0.332 e. The van der Waals surface area contributed by atoms with Gasteiger partial charge in [-0.15, -0.1) is 0 Å². The summed E-state index contributed by atoms with van der Waals surface area (Å²) in [5.74, 6) is 0. The van der Waals surface area contributed by atoms with Crippen LogP contribution in [0.5, 0.6) is 0 Å². The fourth-order valence-corrected chi connectivity index (χ4v) is 1.98. The number of aliphatic imine (C=N–C) groups is 1. The first-order chi connectivity index (χ1) is 8.61. The largest absolute Gasteiger partial charge is 0.332 e. The summed E-state index contributed by atoms with van der Waals surface area (Å²) in [6, 6.07) is 5.87. The van der Waals surface area contributed by atoms with E-state index >= 15 is 0 Å². The molecule has 1 heterocycles. The molecule has 1 aromatic carbocycles. The third-order valence-electron chi connectivity index (χ3n) is 2.93. The van der Waals surface area contributed by atoms with E-state index in [-0.39, 0.29) is 6.03 Å². The predicted octanol–water partition coefficient (Wildman–Crippen LogP) is 1.80. The Balaban J connectivity index is 2.21. The van der Waals surface area contributed by atoms with Crippen LogP contribution in [0.15, 0.2) is 23.2 Å². The number of anilines is 2. The van der Waals surface area contributed by atoms with Gasteiger partial charge in [-0.25, -0.2) is 4.79 Å². The highest BCUT2D eigenvalue weighted by Crippen LogP contribution is 2.29. The maximum atomic E-state index is 11.6. The average molecular weight is 246 g/mol. The number of rotatable bonds is 2. The zero-order valence-corrected chi connectivity index (χ0v) is 11.0. The van der Waals surface area contributed by atoms with Gasteiger partial charge in [0.2, 0.25) is 0 Å². The van der Waals surface area contributed by atoms with E-state index < -0.39 is 0 Å². The van der Waals surface area contributed by atoms with Crippen molar-refractivity contribution in [3.63, 3.8) is 0 Å². The van der Waals surface area contributed by atoms with Gasteiger partial charge in [0.25, 0.3) is 0 Å². The summed E-state index contributed by atoms with van der Waals surface area (Å²) in [5, 5.41) is 2.85. The van der Waals surface area contributed by atoms with E-state index in [2.05, 4.69) is 21.3 Å². The number of carbonyl (C=O) groups excluding carboxylic acids is 1. The molecule has 5 nitrogen and oxygen atoms in total. The van der Waals surface area contributed by atoms with Crippen molar-refractivity contribution in [1.29, 1.82) is 0 Å². The van der Waals surface area contributed by atoms with Crippen molar-refractivity contribution < 1.29 is 4.79 Å². The van der Waals surface area contributed by atoms with Crippen molar-refractivity contribution in [3.05, 3.63) is 23.8 Å². The summed E-state index contributed by atoms with van der Waals surface area (Å²) in [4.78, 5) is 19.2. The Hall–Kier alpha value is -2.04. The molecule has 2 amide bonds. The number of hydrogen-bond acceptors (Lipinski definition) is 2. The molecule has 0 bridgehead atoms. The van der Waals surface area contributed by atoms with Gasteiger partial charge in [-0.05, 0) is 24.1 Å². The van der Waals surface area contributed by atoms with Crippen LogP contribution in [0.2, 0.25) is 0 Å². The molecule has 0 aromatic heterocycles. The predicted molar refractivity (Wildman–Crippen MR) is 74.6 cm³/mol. The van der Waals surface area contributed by atoms with Crippen molar-refractivity contribution in [2.45, 2.75) is 6.42 Å². The molecule has 0 spiro atoms. The van der Waals surface area contributed by atoms with E-state index in [0.717, 1.165) is 24.3 Å². The molecule has 18 heavy (non-hydrogen) atoms. The maximum Gasteiger partial charge on any atom is 0.321 e. The van der Waals surface area contributed by atoms with Crippen LogP contribution in [-0.4, -0.2) is 45.0 Å². The highest BCUT2D eigenvalue weighted by Gasteiger charge is 2.18. The fourth-order valence-electron chi connectivity index (χ4n) is 1.98. The van der Waals surface area contributed by atoms with Gasteiger partial charge in [-0.1, -0.05) is 6.07 Å². The molecule has 0 unspecified atom stereocenters. The fraction of sp³-hybridized carbons (Fsp3) is 0.385. The molecule has 1 aromatic rings. The van der Waals surface area contributed by atoms with Crippen LogP contribution in [0, 0.1) is 0 Å². The Morgan fingerprint density at radius 3 is 2.94 bits per heavy atom. The van der Waals surface area contributed by atoms with E-state index in [1.54, 1.807) is 21.1 Å². The Morgan fingerprint density at radius 1 is 1.50 bits per heavy atom. The lowest BCUT2D eigenvalue weighted by Crippen LogP contribution is -2.27. The summed E-state index contributed by atoms with van der Waals surface area (Å²) in [6.07, 6.45) is 2.84. The van der Waals surface area contributed by atoms with Gasteiger partial charge < -0.3 is 15.1 Å². The minimum absolute atomic E-state index is 0.122. The first kappa shape index (κ1) is 12.4. The molecule has 0 radical (unpaired) electrons. The van der Waals surface area contributed by atoms with Crippen molar-refractivity contribution >= 4 is 23.7 Å². The molecule has 0 aliphatic carbocycles. The van der Waals surface area contributed by atoms with Crippen LogP contribution in [0.4, 0.5) is 16.2 Å². The molecule has 96 valence electrons. The first-order valence-corrected chi connectivity index (χ1v) is 5.92. The number of fused-ring (bicyclic) bond motifs is 1. The Bertz CT molecular complexity index is 482. The molecule has 1 aliphatic heterocycles. The molecular weight excluding hydrogens is 228 g/mol. The third kappa shape index (κ3) is 2.45. The second kappa shape index (κ2) is 5.08. The lowest BCUT2D eigenvalue weighted by atomic mass is 10.1. The van der Waals surface area contributed by atoms with Gasteiger partial charge >= 0.3 is 6.03 Å². The SMILES string of the molecule is CN=CN1CCc2ccc(NC(=O)N(C)C)cc21. The van der Waals surface area contributed by atoms with Gasteiger partial charge in [-0.2, -0.15) is 0 Å². The van der Waals surface area contributed by atoms with E-state index in [0.29, 0.717) is 0 Å². The second-order valence-electron chi connectivity index (χ2n) is 4.49. The highest BCUT2D eigenvalue weighted by atomic mass is 16.2. The quantitative estimate of drug-likeness (QED) is 0.639. The van der Waals surface area contributed by atoms with Crippen LogP contribution < -0.4 is 10.2 Å². The number of urea groups is 1. The van der Waals surface area contributed by atoms with Crippen LogP contribution in [0.3, 0.4) is 0 Å². The zero-order chi connectivity index (χ0) is 13.1. The van der Waals surface area contributed by atoms with Crippen molar-refractivity contribution in [1.82, 2.24) is 4.90 Å². The monoisotopic (exact) mass is 246 g/mol. The van der Waals surface area contributed by atoms with E-state index in [9.17, 15) is 4.79 Å². The number of hydrogen-bond donors (Lipinski definition) is 1. The van der Waals surface area contributed by atoms with E-state index in [1.165, 1.54) is 10.5 Å². The van der Waals surface area contributed by atoms with Gasteiger partial charge in [0.1, 0.15) is 0 Å². The Labute approximate surface area is 107 Å². The molecule has 0 saturated carbocycles. The molecule has 1 N–H and O–H groups in total. The summed E-state index contributed by atoms with van der Waals surface area (Å²) in [6.45, 7) is 0.942. The normalized spacial score (nSPS) is 13.8. The molecule has 5 heteroatoms. The average Bonchev–Trinajstić information content (AvgIpc) is 2.72. The number of nitrogens with zero attached hydrogens (tertiary/aromatic N) is 3. The minimum atomic E-state index is -0.122. The lowest BCUT2D eigenvalue weighted by Gasteiger charge is -2.15. The van der Waals surface area contributed by atoms with Gasteiger partial charge in [0.05, 0.1) is 6.34 Å². The summed E-state index contributed by atoms with van der Waals surface area (Å²) >= 11 is 0. The molecule has 0 fully saturated rings.